The first kappa shape index (κ1) is 19.0. The molecule has 1 aromatic rings. The highest BCUT2D eigenvalue weighted by Gasteiger charge is 2.70. The van der Waals surface area contributed by atoms with Gasteiger partial charge in [0.05, 0.1) is 35.2 Å². The molecule has 2 N–H and O–H groups in total. The van der Waals surface area contributed by atoms with E-state index < -0.39 is 17.4 Å². The number of imide groups is 1. The van der Waals surface area contributed by atoms with Crippen LogP contribution in [0.25, 0.3) is 0 Å². The van der Waals surface area contributed by atoms with Crippen LogP contribution in [0.1, 0.15) is 32.3 Å². The van der Waals surface area contributed by atoms with E-state index in [1.165, 1.54) is 4.90 Å². The second-order valence-electron chi connectivity index (χ2n) is 8.76. The van der Waals surface area contributed by atoms with Gasteiger partial charge < -0.3 is 10.1 Å². The summed E-state index contributed by atoms with van der Waals surface area (Å²) in [5, 5.41) is 6.68. The maximum absolute atomic E-state index is 13.6. The minimum Gasteiger partial charge on any atom is -0.376 e. The van der Waals surface area contributed by atoms with Crippen LogP contribution in [0.4, 0.5) is 5.69 Å². The molecule has 3 saturated heterocycles. The molecule has 8 heteroatoms. The maximum atomic E-state index is 13.6. The van der Waals surface area contributed by atoms with Crippen LogP contribution in [0.2, 0.25) is 5.02 Å². The van der Waals surface area contributed by atoms with E-state index in [1.54, 1.807) is 12.1 Å². The third kappa shape index (κ3) is 2.47. The Labute approximate surface area is 174 Å². The molecule has 1 spiro atoms. The number of nitrogens with one attached hydrogen (secondary N) is 2. The third-order valence-corrected chi connectivity index (χ3v) is 7.17. The summed E-state index contributed by atoms with van der Waals surface area (Å²) in [4.78, 5) is 41.5. The number of fused-ring (bicyclic) bond motifs is 4. The van der Waals surface area contributed by atoms with Gasteiger partial charge in [0.25, 0.3) is 0 Å². The highest BCUT2D eigenvalue weighted by Crippen LogP contribution is 2.55. The van der Waals surface area contributed by atoms with Gasteiger partial charge in [0.2, 0.25) is 17.7 Å². The van der Waals surface area contributed by atoms with Crippen LogP contribution in [0.3, 0.4) is 0 Å². The normalized spacial score (nSPS) is 35.7. The molecule has 4 aliphatic heterocycles. The Bertz CT molecular complexity index is 913. The molecule has 3 amide bonds. The van der Waals surface area contributed by atoms with Crippen molar-refractivity contribution < 1.29 is 19.1 Å². The first-order valence-corrected chi connectivity index (χ1v) is 10.6. The number of likely N-dealkylation sites (tertiary alicyclic amines) is 1. The van der Waals surface area contributed by atoms with Gasteiger partial charge in [0.1, 0.15) is 5.54 Å². The fourth-order valence-electron chi connectivity index (χ4n) is 5.53. The van der Waals surface area contributed by atoms with Crippen LogP contribution in [0, 0.1) is 17.8 Å². The number of benzene rings is 1. The van der Waals surface area contributed by atoms with Gasteiger partial charge in [-0.3, -0.25) is 24.6 Å². The number of rotatable bonds is 3. The summed E-state index contributed by atoms with van der Waals surface area (Å²) in [6.45, 7) is 4.91. The van der Waals surface area contributed by atoms with Crippen molar-refractivity contribution in [1.29, 1.82) is 0 Å². The maximum Gasteiger partial charge on any atom is 0.250 e. The Morgan fingerprint density at radius 3 is 2.76 bits per heavy atom. The molecule has 4 heterocycles. The van der Waals surface area contributed by atoms with Crippen molar-refractivity contribution in [2.24, 2.45) is 17.8 Å². The summed E-state index contributed by atoms with van der Waals surface area (Å²) >= 11 is 6.32. The Morgan fingerprint density at radius 2 is 2.07 bits per heavy atom. The topological polar surface area (TPSA) is 87.7 Å². The lowest BCUT2D eigenvalue weighted by atomic mass is 9.76. The first-order valence-electron chi connectivity index (χ1n) is 10.2. The monoisotopic (exact) mass is 417 g/mol. The van der Waals surface area contributed by atoms with Crippen LogP contribution in [0.15, 0.2) is 18.2 Å². The van der Waals surface area contributed by atoms with Gasteiger partial charge >= 0.3 is 0 Å². The molecule has 5 rings (SSSR count). The Morgan fingerprint density at radius 1 is 1.28 bits per heavy atom. The Hall–Kier alpha value is -1.96. The predicted molar refractivity (Wildman–Crippen MR) is 106 cm³/mol. The number of nitrogens with zero attached hydrogens (tertiary/aromatic N) is 1. The Balaban J connectivity index is 1.61. The highest BCUT2D eigenvalue weighted by atomic mass is 35.5. The van der Waals surface area contributed by atoms with Gasteiger partial charge in [0, 0.05) is 18.2 Å². The van der Waals surface area contributed by atoms with Crippen molar-refractivity contribution in [2.75, 3.05) is 18.5 Å². The minimum atomic E-state index is -1.28. The van der Waals surface area contributed by atoms with E-state index in [0.717, 1.165) is 12.8 Å². The molecule has 0 radical (unpaired) electrons. The molecular weight excluding hydrogens is 394 g/mol. The quantitative estimate of drug-likeness (QED) is 0.733. The number of hydrogen-bond acceptors (Lipinski definition) is 5. The summed E-state index contributed by atoms with van der Waals surface area (Å²) in [5.74, 6) is -2.13. The average molecular weight is 418 g/mol. The average Bonchev–Trinajstić information content (AvgIpc) is 3.42. The molecule has 1 unspecified atom stereocenters. The SMILES string of the molecule is CC(C)[C@@H]1N[C@@]2(C(=O)Nc3c(Cl)cccc32)[C@H]2C(=O)N(CC3CCCO3)C(=O)[C@@H]12. The number of amides is 3. The van der Waals surface area contributed by atoms with E-state index in [0.29, 0.717) is 22.9 Å². The number of ether oxygens (including phenoxy) is 1. The summed E-state index contributed by atoms with van der Waals surface area (Å²) in [5.41, 5.74) is -0.112. The number of carbonyl (C=O) groups is 3. The van der Waals surface area contributed by atoms with E-state index in [-0.39, 0.29) is 42.3 Å². The molecule has 154 valence electrons. The largest absolute Gasteiger partial charge is 0.376 e. The van der Waals surface area contributed by atoms with Gasteiger partial charge in [-0.2, -0.15) is 0 Å². The molecular formula is C21H24ClN3O4. The summed E-state index contributed by atoms with van der Waals surface area (Å²) in [6.07, 6.45) is 1.65. The first-order chi connectivity index (χ1) is 13.9. The summed E-state index contributed by atoms with van der Waals surface area (Å²) < 4.78 is 5.66. The molecule has 0 aliphatic carbocycles. The zero-order valence-electron chi connectivity index (χ0n) is 16.4. The van der Waals surface area contributed by atoms with Gasteiger partial charge in [-0.25, -0.2) is 0 Å². The van der Waals surface area contributed by atoms with Crippen molar-refractivity contribution in [3.05, 3.63) is 28.8 Å². The van der Waals surface area contributed by atoms with Crippen molar-refractivity contribution in [3.63, 3.8) is 0 Å². The van der Waals surface area contributed by atoms with Crippen molar-refractivity contribution in [3.8, 4) is 0 Å². The second kappa shape index (κ2) is 6.52. The minimum absolute atomic E-state index is 0.0670. The number of hydrogen-bond donors (Lipinski definition) is 2. The fourth-order valence-corrected chi connectivity index (χ4v) is 5.75. The molecule has 29 heavy (non-hydrogen) atoms. The van der Waals surface area contributed by atoms with Gasteiger partial charge in [-0.15, -0.1) is 0 Å². The Kier molecular flexibility index (Phi) is 4.28. The summed E-state index contributed by atoms with van der Waals surface area (Å²) in [6, 6.07) is 5.00. The lowest BCUT2D eigenvalue weighted by Crippen LogP contribution is -2.54. The van der Waals surface area contributed by atoms with E-state index >= 15 is 0 Å². The van der Waals surface area contributed by atoms with Crippen LogP contribution in [-0.2, 0) is 24.7 Å². The molecule has 1 aromatic carbocycles. The molecule has 0 aromatic heterocycles. The lowest BCUT2D eigenvalue weighted by molar-refractivity contribution is -0.144. The van der Waals surface area contributed by atoms with Gasteiger partial charge in [-0.1, -0.05) is 37.6 Å². The van der Waals surface area contributed by atoms with E-state index in [2.05, 4.69) is 10.6 Å². The predicted octanol–water partition coefficient (Wildman–Crippen LogP) is 1.90. The van der Waals surface area contributed by atoms with Crippen molar-refractivity contribution in [1.82, 2.24) is 10.2 Å². The molecule has 0 saturated carbocycles. The second-order valence-corrected chi connectivity index (χ2v) is 9.17. The van der Waals surface area contributed by atoms with Crippen LogP contribution in [-0.4, -0.2) is 47.9 Å². The highest BCUT2D eigenvalue weighted by molar-refractivity contribution is 6.35. The molecule has 5 atom stereocenters. The van der Waals surface area contributed by atoms with Gasteiger partial charge in [-0.05, 0) is 24.8 Å². The van der Waals surface area contributed by atoms with Crippen LogP contribution >= 0.6 is 11.6 Å². The number of para-hydroxylation sites is 1. The number of halogens is 1. The fraction of sp³-hybridized carbons (Fsp3) is 0.571. The molecule has 4 aliphatic rings. The van der Waals surface area contributed by atoms with Gasteiger partial charge in [0.15, 0.2) is 0 Å². The molecule has 0 bridgehead atoms. The van der Waals surface area contributed by atoms with E-state index in [9.17, 15) is 14.4 Å². The molecule has 3 fully saturated rings. The zero-order chi connectivity index (χ0) is 20.5. The zero-order valence-corrected chi connectivity index (χ0v) is 17.2. The molecule has 7 nitrogen and oxygen atoms in total. The van der Waals surface area contributed by atoms with Crippen LogP contribution < -0.4 is 10.6 Å². The van der Waals surface area contributed by atoms with E-state index in [1.807, 2.05) is 19.9 Å². The van der Waals surface area contributed by atoms with Crippen molar-refractivity contribution >= 4 is 35.0 Å². The smallest absolute Gasteiger partial charge is 0.250 e. The summed E-state index contributed by atoms with van der Waals surface area (Å²) in [7, 11) is 0. The third-order valence-electron chi connectivity index (χ3n) is 6.85. The van der Waals surface area contributed by atoms with Crippen molar-refractivity contribution in [2.45, 2.75) is 44.4 Å². The number of anilines is 1. The number of carbonyl (C=O) groups excluding carboxylic acids is 3. The lowest BCUT2D eigenvalue weighted by Gasteiger charge is -2.30. The van der Waals surface area contributed by atoms with E-state index in [4.69, 9.17) is 16.3 Å². The van der Waals surface area contributed by atoms with Crippen LogP contribution in [0.5, 0.6) is 0 Å². The standard InChI is InChI=1S/C21H24ClN3O4/c1-10(2)16-14-15(19(27)25(18(14)26)9-11-5-4-8-29-11)21(24-16)12-6-3-7-13(22)17(12)23-20(21)28/h3,6-7,10-11,14-16,24H,4-5,8-9H2,1-2H3,(H,23,28)/t11?,14-,15-,16+,21-/m1/s1.